The highest BCUT2D eigenvalue weighted by Gasteiger charge is 2.30. The van der Waals surface area contributed by atoms with E-state index in [2.05, 4.69) is 0 Å². The second-order valence-corrected chi connectivity index (χ2v) is 4.89. The average molecular weight is 294 g/mol. The molecule has 0 aromatic heterocycles. The van der Waals surface area contributed by atoms with Gasteiger partial charge in [0.05, 0.1) is 12.2 Å². The van der Waals surface area contributed by atoms with Gasteiger partial charge in [0.2, 0.25) is 0 Å². The van der Waals surface area contributed by atoms with E-state index in [4.69, 9.17) is 9.84 Å². The number of thioether (sulfide) groups is 1. The zero-order valence-corrected chi connectivity index (χ0v) is 10.9. The standard InChI is InChI=1S/C12H13F3O3S/c1-8(11(16)17)18-5-6-19-10-4-2-3-9(7-10)12(13,14)15/h2-4,7-8H,5-6H2,1H3,(H,16,17). The molecule has 19 heavy (non-hydrogen) atoms. The zero-order valence-electron chi connectivity index (χ0n) is 10.1. The number of alkyl halides is 3. The highest BCUT2D eigenvalue weighted by Crippen LogP contribution is 2.31. The number of carboxylic acids is 1. The summed E-state index contributed by atoms with van der Waals surface area (Å²) in [6, 6.07) is 4.98. The van der Waals surface area contributed by atoms with Gasteiger partial charge in [0, 0.05) is 10.6 Å². The molecule has 0 radical (unpaired) electrons. The van der Waals surface area contributed by atoms with E-state index in [-0.39, 0.29) is 6.61 Å². The van der Waals surface area contributed by atoms with Crippen molar-refractivity contribution >= 4 is 17.7 Å². The summed E-state index contributed by atoms with van der Waals surface area (Å²) < 4.78 is 42.3. The molecule has 0 saturated carbocycles. The largest absolute Gasteiger partial charge is 0.479 e. The molecular formula is C12H13F3O3S. The number of hydrogen-bond acceptors (Lipinski definition) is 3. The van der Waals surface area contributed by atoms with Crippen LogP contribution < -0.4 is 0 Å². The van der Waals surface area contributed by atoms with Crippen molar-refractivity contribution in [1.82, 2.24) is 0 Å². The number of aliphatic carboxylic acids is 1. The van der Waals surface area contributed by atoms with Gasteiger partial charge in [-0.05, 0) is 25.1 Å². The van der Waals surface area contributed by atoms with E-state index in [0.717, 1.165) is 12.1 Å². The molecule has 0 amide bonds. The molecule has 1 unspecified atom stereocenters. The first-order chi connectivity index (χ1) is 8.80. The van der Waals surface area contributed by atoms with Crippen LogP contribution in [0.5, 0.6) is 0 Å². The lowest BCUT2D eigenvalue weighted by Crippen LogP contribution is -2.20. The van der Waals surface area contributed by atoms with Crippen molar-refractivity contribution in [3.63, 3.8) is 0 Å². The fourth-order valence-electron chi connectivity index (χ4n) is 1.22. The quantitative estimate of drug-likeness (QED) is 0.646. The maximum Gasteiger partial charge on any atom is 0.416 e. The summed E-state index contributed by atoms with van der Waals surface area (Å²) in [5.41, 5.74) is -0.697. The van der Waals surface area contributed by atoms with Crippen molar-refractivity contribution < 1.29 is 27.8 Å². The smallest absolute Gasteiger partial charge is 0.416 e. The molecular weight excluding hydrogens is 281 g/mol. The highest BCUT2D eigenvalue weighted by molar-refractivity contribution is 7.99. The lowest BCUT2D eigenvalue weighted by atomic mass is 10.2. The van der Waals surface area contributed by atoms with E-state index in [1.807, 2.05) is 0 Å². The summed E-state index contributed by atoms with van der Waals surface area (Å²) in [4.78, 5) is 10.9. The van der Waals surface area contributed by atoms with Gasteiger partial charge in [-0.2, -0.15) is 13.2 Å². The first kappa shape index (κ1) is 15.8. The van der Waals surface area contributed by atoms with Crippen molar-refractivity contribution in [3.05, 3.63) is 29.8 Å². The van der Waals surface area contributed by atoms with E-state index in [9.17, 15) is 18.0 Å². The van der Waals surface area contributed by atoms with Gasteiger partial charge in [-0.1, -0.05) is 6.07 Å². The molecule has 1 rings (SSSR count). The van der Waals surface area contributed by atoms with Gasteiger partial charge in [-0.25, -0.2) is 4.79 Å². The molecule has 106 valence electrons. The molecule has 1 atom stereocenters. The molecule has 3 nitrogen and oxygen atoms in total. The molecule has 1 aromatic carbocycles. The minimum absolute atomic E-state index is 0.161. The Morgan fingerprint density at radius 2 is 2.16 bits per heavy atom. The Morgan fingerprint density at radius 3 is 2.74 bits per heavy atom. The van der Waals surface area contributed by atoms with E-state index < -0.39 is 23.8 Å². The van der Waals surface area contributed by atoms with Crippen molar-refractivity contribution in [2.45, 2.75) is 24.1 Å². The highest BCUT2D eigenvalue weighted by atomic mass is 32.2. The Kier molecular flexibility index (Phi) is 5.68. The van der Waals surface area contributed by atoms with Gasteiger partial charge in [0.25, 0.3) is 0 Å². The predicted molar refractivity (Wildman–Crippen MR) is 65.2 cm³/mol. The van der Waals surface area contributed by atoms with E-state index in [1.54, 1.807) is 6.07 Å². The first-order valence-electron chi connectivity index (χ1n) is 5.45. The summed E-state index contributed by atoms with van der Waals surface area (Å²) in [5.74, 6) is -0.678. The van der Waals surface area contributed by atoms with Crippen molar-refractivity contribution in [3.8, 4) is 0 Å². The van der Waals surface area contributed by atoms with Crippen LogP contribution in [0.15, 0.2) is 29.2 Å². The van der Waals surface area contributed by atoms with Crippen molar-refractivity contribution in [1.29, 1.82) is 0 Å². The van der Waals surface area contributed by atoms with Crippen LogP contribution in [-0.4, -0.2) is 29.5 Å². The Labute approximate surface area is 112 Å². The third-order valence-corrected chi connectivity index (χ3v) is 3.19. The number of rotatable bonds is 6. The number of hydrogen-bond donors (Lipinski definition) is 1. The lowest BCUT2D eigenvalue weighted by Gasteiger charge is -2.10. The molecule has 0 spiro atoms. The topological polar surface area (TPSA) is 46.5 Å². The number of benzene rings is 1. The van der Waals surface area contributed by atoms with Crippen molar-refractivity contribution in [2.24, 2.45) is 0 Å². The van der Waals surface area contributed by atoms with Crippen LogP contribution in [0.25, 0.3) is 0 Å². The molecule has 0 aliphatic rings. The van der Waals surface area contributed by atoms with Gasteiger partial charge in [0.1, 0.15) is 0 Å². The second-order valence-electron chi connectivity index (χ2n) is 3.73. The molecule has 1 N–H and O–H groups in total. The third kappa shape index (κ3) is 5.52. The van der Waals surface area contributed by atoms with E-state index in [0.29, 0.717) is 10.6 Å². The molecule has 0 aliphatic carbocycles. The maximum atomic E-state index is 12.5. The first-order valence-corrected chi connectivity index (χ1v) is 6.43. The van der Waals surface area contributed by atoms with E-state index >= 15 is 0 Å². The number of halogens is 3. The number of carbonyl (C=O) groups is 1. The maximum absolute atomic E-state index is 12.5. The van der Waals surface area contributed by atoms with Gasteiger partial charge in [-0.3, -0.25) is 0 Å². The van der Waals surface area contributed by atoms with Crippen LogP contribution in [0, 0.1) is 0 Å². The Balaban J connectivity index is 2.44. The van der Waals surface area contributed by atoms with Crippen LogP contribution in [0.2, 0.25) is 0 Å². The lowest BCUT2D eigenvalue weighted by molar-refractivity contribution is -0.148. The fourth-order valence-corrected chi connectivity index (χ4v) is 2.02. The molecule has 0 heterocycles. The molecule has 1 aromatic rings. The Hall–Kier alpha value is -1.21. The molecule has 0 bridgehead atoms. The minimum Gasteiger partial charge on any atom is -0.479 e. The predicted octanol–water partition coefficient (Wildman–Crippen LogP) is 3.29. The Bertz CT molecular complexity index is 434. The normalized spacial score (nSPS) is 13.3. The second kappa shape index (κ2) is 6.81. The number of carboxylic acid groups (broad SMARTS) is 1. The van der Waals surface area contributed by atoms with Gasteiger partial charge < -0.3 is 9.84 Å². The minimum atomic E-state index is -4.36. The summed E-state index contributed by atoms with van der Waals surface area (Å²) in [6.07, 6.45) is -5.27. The van der Waals surface area contributed by atoms with E-state index in [1.165, 1.54) is 24.8 Å². The fraction of sp³-hybridized carbons (Fsp3) is 0.417. The SMILES string of the molecule is CC(OCCSc1cccc(C(F)(F)F)c1)C(=O)O. The van der Waals surface area contributed by atoms with Gasteiger partial charge in [0.15, 0.2) is 6.10 Å². The summed E-state index contributed by atoms with van der Waals surface area (Å²) in [6.45, 7) is 1.56. The van der Waals surface area contributed by atoms with Crippen molar-refractivity contribution in [2.75, 3.05) is 12.4 Å². The monoisotopic (exact) mass is 294 g/mol. The van der Waals surface area contributed by atoms with Crippen LogP contribution in [0.4, 0.5) is 13.2 Å². The molecule has 7 heteroatoms. The average Bonchev–Trinajstić information content (AvgIpc) is 2.33. The summed E-state index contributed by atoms with van der Waals surface area (Å²) >= 11 is 1.19. The zero-order chi connectivity index (χ0) is 14.5. The van der Waals surface area contributed by atoms with Crippen LogP contribution in [0.3, 0.4) is 0 Å². The summed E-state index contributed by atoms with van der Waals surface area (Å²) in [5, 5.41) is 8.57. The number of ether oxygens (including phenoxy) is 1. The Morgan fingerprint density at radius 1 is 1.47 bits per heavy atom. The third-order valence-electron chi connectivity index (χ3n) is 2.23. The molecule has 0 saturated heterocycles. The van der Waals surface area contributed by atoms with Gasteiger partial charge in [-0.15, -0.1) is 11.8 Å². The molecule has 0 fully saturated rings. The summed E-state index contributed by atoms with van der Waals surface area (Å²) in [7, 11) is 0. The van der Waals surface area contributed by atoms with Crippen LogP contribution in [0.1, 0.15) is 12.5 Å². The van der Waals surface area contributed by atoms with Gasteiger partial charge >= 0.3 is 12.1 Å². The molecule has 0 aliphatic heterocycles. The van der Waals surface area contributed by atoms with Crippen LogP contribution >= 0.6 is 11.8 Å². The van der Waals surface area contributed by atoms with Crippen LogP contribution in [-0.2, 0) is 15.7 Å².